The van der Waals surface area contributed by atoms with Crippen molar-refractivity contribution in [3.63, 3.8) is 0 Å². The molecule has 2 amide bonds. The van der Waals surface area contributed by atoms with Crippen molar-refractivity contribution in [2.75, 3.05) is 26.2 Å². The number of nitrogens with zero attached hydrogens (tertiary/aromatic N) is 4. The molecule has 5 rings (SSSR count). The van der Waals surface area contributed by atoms with Crippen LogP contribution in [0.25, 0.3) is 5.65 Å². The van der Waals surface area contributed by atoms with Crippen LogP contribution >= 0.6 is 0 Å². The number of fused-ring (bicyclic) bond motifs is 2. The number of carbonyl (C=O) groups excluding carboxylic acids is 2. The molecular weight excluding hydrogens is 530 g/mol. The van der Waals surface area contributed by atoms with E-state index >= 15 is 0 Å². The molecule has 1 aliphatic carbocycles. The lowest BCUT2D eigenvalue weighted by molar-refractivity contribution is 0.0223. The highest BCUT2D eigenvalue weighted by atomic mass is 32.2. The Hall–Kier alpha value is -3.44. The van der Waals surface area contributed by atoms with Gasteiger partial charge in [0.15, 0.2) is 0 Å². The first-order valence-corrected chi connectivity index (χ1v) is 15.2. The van der Waals surface area contributed by atoms with Crippen molar-refractivity contribution in [3.8, 4) is 0 Å². The molecule has 40 heavy (non-hydrogen) atoms. The van der Waals surface area contributed by atoms with Gasteiger partial charge in [0.2, 0.25) is 10.0 Å². The first-order valence-electron chi connectivity index (χ1n) is 13.8. The number of sulfonamides is 1. The third kappa shape index (κ3) is 6.47. The van der Waals surface area contributed by atoms with Crippen molar-refractivity contribution in [1.82, 2.24) is 23.9 Å². The van der Waals surface area contributed by atoms with Crippen molar-refractivity contribution < 1.29 is 24.2 Å². The van der Waals surface area contributed by atoms with E-state index in [1.807, 2.05) is 34.6 Å². The standard InChI is InChI=1S/C27H33N5O5S.C2H6.H2/c1-27(2,3)37-26(34)32-13-11-20-17-31(18-23(20)32)38(35,36)22-6-4-5-19(7-9-22)15-29-25(33)21-8-10-24-28-12-14-30(24)16-21;1-2;/h4,6-10,12,14,16,20,23H,5,11,13,15,17-18H2,1-3H3,(H,29,33);1-2H3;1H. The normalized spacial score (nSPS) is 21.2. The lowest BCUT2D eigenvalue weighted by atomic mass is 10.1. The molecule has 2 aromatic rings. The summed E-state index contributed by atoms with van der Waals surface area (Å²) in [5.74, 6) is -0.125. The maximum Gasteiger partial charge on any atom is 0.410 e. The van der Waals surface area contributed by atoms with Crippen LogP contribution < -0.4 is 5.32 Å². The molecule has 3 aliphatic rings. The van der Waals surface area contributed by atoms with E-state index in [2.05, 4.69) is 10.3 Å². The van der Waals surface area contributed by atoms with Crippen molar-refractivity contribution in [3.05, 3.63) is 71.1 Å². The highest BCUT2D eigenvalue weighted by molar-refractivity contribution is 7.93. The molecule has 2 saturated heterocycles. The molecule has 10 nitrogen and oxygen atoms in total. The van der Waals surface area contributed by atoms with E-state index in [1.165, 1.54) is 4.31 Å². The molecule has 0 saturated carbocycles. The number of likely N-dealkylation sites (tertiary alicyclic amines) is 1. The van der Waals surface area contributed by atoms with Crippen molar-refractivity contribution in [2.24, 2.45) is 5.92 Å². The maximum absolute atomic E-state index is 13.5. The summed E-state index contributed by atoms with van der Waals surface area (Å²) >= 11 is 0. The molecule has 0 spiro atoms. The minimum absolute atomic E-state index is 0. The summed E-state index contributed by atoms with van der Waals surface area (Å²) in [6.45, 7) is 11.0. The van der Waals surface area contributed by atoms with E-state index in [-0.39, 0.29) is 30.7 Å². The van der Waals surface area contributed by atoms with E-state index in [4.69, 9.17) is 4.74 Å². The molecule has 1 N–H and O–H groups in total. The van der Waals surface area contributed by atoms with Gasteiger partial charge in [-0.3, -0.25) is 4.79 Å². The molecule has 2 fully saturated rings. The number of aromatic nitrogens is 2. The smallest absolute Gasteiger partial charge is 0.410 e. The van der Waals surface area contributed by atoms with E-state index in [9.17, 15) is 18.0 Å². The minimum atomic E-state index is -3.74. The molecule has 0 radical (unpaired) electrons. The first-order chi connectivity index (χ1) is 19.0. The topological polar surface area (TPSA) is 113 Å². The highest BCUT2D eigenvalue weighted by Crippen LogP contribution is 2.35. The van der Waals surface area contributed by atoms with Gasteiger partial charge in [0, 0.05) is 46.2 Å². The zero-order chi connectivity index (χ0) is 29.1. The summed E-state index contributed by atoms with van der Waals surface area (Å²) in [5, 5.41) is 2.91. The average molecular weight is 572 g/mol. The Bertz CT molecular complexity index is 1460. The summed E-state index contributed by atoms with van der Waals surface area (Å²) < 4.78 is 35.8. The summed E-state index contributed by atoms with van der Waals surface area (Å²) in [5.41, 5.74) is 1.56. The van der Waals surface area contributed by atoms with E-state index in [0.29, 0.717) is 31.6 Å². The number of amides is 2. The monoisotopic (exact) mass is 571 g/mol. The molecule has 2 atom stereocenters. The van der Waals surface area contributed by atoms with Crippen LogP contribution in [0.4, 0.5) is 4.79 Å². The predicted octanol–water partition coefficient (Wildman–Crippen LogP) is 4.38. The maximum atomic E-state index is 13.5. The Morgan fingerprint density at radius 3 is 2.70 bits per heavy atom. The summed E-state index contributed by atoms with van der Waals surface area (Å²) in [4.78, 5) is 31.4. The fourth-order valence-corrected chi connectivity index (χ4v) is 6.66. The highest BCUT2D eigenvalue weighted by Gasteiger charge is 2.48. The van der Waals surface area contributed by atoms with Crippen LogP contribution in [0.5, 0.6) is 0 Å². The van der Waals surface area contributed by atoms with Crippen LogP contribution in [0.2, 0.25) is 0 Å². The summed E-state index contributed by atoms with van der Waals surface area (Å²) in [7, 11) is -3.74. The lowest BCUT2D eigenvalue weighted by Gasteiger charge is -2.28. The number of carbonyl (C=O) groups is 2. The number of rotatable bonds is 5. The van der Waals surface area contributed by atoms with Crippen LogP contribution in [-0.2, 0) is 14.8 Å². The fourth-order valence-electron chi connectivity index (χ4n) is 5.12. The van der Waals surface area contributed by atoms with Crippen molar-refractivity contribution in [2.45, 2.75) is 59.1 Å². The fraction of sp³-hybridized carbons (Fsp3) is 0.483. The SMILES string of the molecule is CC.CC(C)(C)OC(=O)N1CCC2CN(S(=O)(=O)C3=CC=C(CNC(=O)c4ccc5nccn5c4)CC=C3)CC21.[HH]. The van der Waals surface area contributed by atoms with Gasteiger partial charge >= 0.3 is 6.09 Å². The Kier molecular flexibility index (Phi) is 8.84. The molecule has 218 valence electrons. The Balaban J connectivity index is 0.00000151. The van der Waals surface area contributed by atoms with Gasteiger partial charge in [0.1, 0.15) is 11.2 Å². The number of hydrogen-bond acceptors (Lipinski definition) is 6. The summed E-state index contributed by atoms with van der Waals surface area (Å²) in [6.07, 6.45) is 12.8. The second-order valence-corrected chi connectivity index (χ2v) is 12.8. The average Bonchev–Trinajstić information content (AvgIpc) is 3.59. The van der Waals surface area contributed by atoms with Gasteiger partial charge in [-0.15, -0.1) is 0 Å². The number of ether oxygens (including phenoxy) is 1. The van der Waals surface area contributed by atoms with Crippen molar-refractivity contribution in [1.29, 1.82) is 0 Å². The van der Waals surface area contributed by atoms with Crippen molar-refractivity contribution >= 4 is 27.7 Å². The lowest BCUT2D eigenvalue weighted by Crippen LogP contribution is -2.43. The van der Waals surface area contributed by atoms with Crippen LogP contribution in [0.1, 0.15) is 59.2 Å². The van der Waals surface area contributed by atoms with Gasteiger partial charge in [-0.1, -0.05) is 26.0 Å². The van der Waals surface area contributed by atoms with E-state index < -0.39 is 21.7 Å². The van der Waals surface area contributed by atoms with Crippen LogP contribution in [0.3, 0.4) is 0 Å². The Morgan fingerprint density at radius 2 is 1.95 bits per heavy atom. The quantitative estimate of drug-likeness (QED) is 0.570. The second kappa shape index (κ2) is 12.0. The van der Waals surface area contributed by atoms with Gasteiger partial charge in [0.25, 0.3) is 5.91 Å². The third-order valence-corrected chi connectivity index (χ3v) is 8.90. The number of hydrogen-bond donors (Lipinski definition) is 1. The number of allylic oxidation sites excluding steroid dienone is 4. The molecular formula is C29H41N5O5S. The van der Waals surface area contributed by atoms with Crippen LogP contribution in [-0.4, -0.2) is 76.8 Å². The number of pyridine rings is 1. The molecule has 11 heteroatoms. The molecule has 0 bridgehead atoms. The number of nitrogens with one attached hydrogen (secondary N) is 1. The minimum Gasteiger partial charge on any atom is -0.444 e. The summed E-state index contributed by atoms with van der Waals surface area (Å²) in [6, 6.07) is 3.32. The predicted molar refractivity (Wildman–Crippen MR) is 156 cm³/mol. The van der Waals surface area contributed by atoms with E-state index in [0.717, 1.165) is 17.6 Å². The number of imidazole rings is 1. The zero-order valence-electron chi connectivity index (χ0n) is 23.8. The third-order valence-electron chi connectivity index (χ3n) is 7.05. The molecule has 0 aromatic carbocycles. The molecule has 4 heterocycles. The van der Waals surface area contributed by atoms with Crippen LogP contribution in [0.15, 0.2) is 65.5 Å². The van der Waals surface area contributed by atoms with Gasteiger partial charge in [0.05, 0.1) is 16.5 Å². The molecule has 2 aromatic heterocycles. The van der Waals surface area contributed by atoms with Crippen LogP contribution in [0, 0.1) is 5.92 Å². The van der Waals surface area contributed by atoms with Gasteiger partial charge < -0.3 is 19.4 Å². The van der Waals surface area contributed by atoms with Gasteiger partial charge in [-0.25, -0.2) is 18.2 Å². The Labute approximate surface area is 237 Å². The van der Waals surface area contributed by atoms with E-state index in [1.54, 1.807) is 64.3 Å². The van der Waals surface area contributed by atoms with Gasteiger partial charge in [-0.05, 0) is 69.4 Å². The first kappa shape index (κ1) is 29.5. The Morgan fingerprint density at radius 1 is 1.18 bits per heavy atom. The molecule has 2 unspecified atom stereocenters. The largest absolute Gasteiger partial charge is 0.444 e. The van der Waals surface area contributed by atoms with Gasteiger partial charge in [-0.2, -0.15) is 4.31 Å². The molecule has 2 aliphatic heterocycles. The second-order valence-electron chi connectivity index (χ2n) is 10.9. The zero-order valence-corrected chi connectivity index (χ0v) is 24.6.